The number of carbonyl (C=O) groups excluding carboxylic acids is 3. The second-order valence-corrected chi connectivity index (χ2v) is 14.1. The van der Waals surface area contributed by atoms with Gasteiger partial charge < -0.3 is 19.6 Å². The molecule has 3 aliphatic rings. The molecule has 4 rings (SSSR count). The SMILES string of the molecule is C=CCCCCOC(=O)[C@H]1[C@H]2C(=O)N([C@@H](CO)Cc3ccccc3)C(C(=O)N(CC=C)CCCCC)C23CC[C@]1(C)S3. The highest BCUT2D eigenvalue weighted by atomic mass is 32.2. The van der Waals surface area contributed by atoms with Crippen LogP contribution in [-0.2, 0) is 25.5 Å². The number of rotatable bonds is 17. The molecule has 0 radical (unpaired) electrons. The summed E-state index contributed by atoms with van der Waals surface area (Å²) in [5, 5.41) is 10.7. The predicted molar refractivity (Wildman–Crippen MR) is 168 cm³/mol. The molecule has 8 heteroatoms. The van der Waals surface area contributed by atoms with Gasteiger partial charge in [0.15, 0.2) is 0 Å². The number of amides is 2. The summed E-state index contributed by atoms with van der Waals surface area (Å²) in [5.74, 6) is -1.95. The number of nitrogens with zero attached hydrogens (tertiary/aromatic N) is 2. The lowest BCUT2D eigenvalue weighted by Crippen LogP contribution is -2.58. The van der Waals surface area contributed by atoms with Crippen LogP contribution >= 0.6 is 11.8 Å². The lowest BCUT2D eigenvalue weighted by Gasteiger charge is -2.39. The van der Waals surface area contributed by atoms with Gasteiger partial charge in [0.2, 0.25) is 11.8 Å². The number of fused-ring (bicyclic) bond motifs is 1. The van der Waals surface area contributed by atoms with E-state index in [1.807, 2.05) is 41.3 Å². The summed E-state index contributed by atoms with van der Waals surface area (Å²) < 4.78 is 4.56. The molecule has 1 aromatic carbocycles. The van der Waals surface area contributed by atoms with E-state index in [1.54, 1.807) is 22.7 Å². The van der Waals surface area contributed by atoms with Crippen LogP contribution in [0.3, 0.4) is 0 Å². The lowest BCUT2D eigenvalue weighted by molar-refractivity contribution is -0.156. The molecule has 1 N–H and O–H groups in total. The first kappa shape index (κ1) is 32.3. The first-order chi connectivity index (χ1) is 20.3. The van der Waals surface area contributed by atoms with E-state index >= 15 is 0 Å². The van der Waals surface area contributed by atoms with Gasteiger partial charge in [0.05, 0.1) is 35.8 Å². The minimum atomic E-state index is -0.769. The van der Waals surface area contributed by atoms with E-state index in [0.29, 0.717) is 32.5 Å². The molecule has 3 saturated heterocycles. The van der Waals surface area contributed by atoms with E-state index < -0.39 is 33.4 Å². The molecule has 3 fully saturated rings. The minimum Gasteiger partial charge on any atom is -0.465 e. The Morgan fingerprint density at radius 3 is 2.60 bits per heavy atom. The van der Waals surface area contributed by atoms with Crippen molar-refractivity contribution < 1.29 is 24.2 Å². The molecular formula is C34H48N2O5S. The zero-order valence-electron chi connectivity index (χ0n) is 25.3. The van der Waals surface area contributed by atoms with Crippen molar-refractivity contribution in [2.45, 2.75) is 93.2 Å². The van der Waals surface area contributed by atoms with Gasteiger partial charge in [-0.2, -0.15) is 0 Å². The van der Waals surface area contributed by atoms with Crippen LogP contribution in [0, 0.1) is 11.8 Å². The van der Waals surface area contributed by atoms with Gasteiger partial charge in [-0.15, -0.1) is 24.9 Å². The average Bonchev–Trinajstić information content (AvgIpc) is 3.56. The summed E-state index contributed by atoms with van der Waals surface area (Å²) in [6, 6.07) is 8.40. The fourth-order valence-corrected chi connectivity index (χ4v) is 9.68. The molecule has 0 saturated carbocycles. The summed E-state index contributed by atoms with van der Waals surface area (Å²) in [6.07, 6.45) is 10.8. The van der Waals surface area contributed by atoms with Gasteiger partial charge in [0.25, 0.3) is 0 Å². The quantitative estimate of drug-likeness (QED) is 0.152. The Morgan fingerprint density at radius 2 is 1.93 bits per heavy atom. The van der Waals surface area contributed by atoms with Crippen LogP contribution in [0.5, 0.6) is 0 Å². The number of esters is 1. The zero-order chi connectivity index (χ0) is 30.3. The van der Waals surface area contributed by atoms with E-state index in [9.17, 15) is 19.5 Å². The van der Waals surface area contributed by atoms with Gasteiger partial charge in [0, 0.05) is 17.8 Å². The van der Waals surface area contributed by atoms with Gasteiger partial charge >= 0.3 is 5.97 Å². The number of unbranched alkanes of at least 4 members (excludes halogenated alkanes) is 4. The van der Waals surface area contributed by atoms with Crippen LogP contribution in [0.15, 0.2) is 55.6 Å². The summed E-state index contributed by atoms with van der Waals surface area (Å²) in [5.41, 5.74) is 0.982. The molecule has 42 heavy (non-hydrogen) atoms. The number of hydrogen-bond acceptors (Lipinski definition) is 6. The first-order valence-electron chi connectivity index (χ1n) is 15.6. The molecule has 3 aliphatic heterocycles. The summed E-state index contributed by atoms with van der Waals surface area (Å²) >= 11 is 1.65. The normalized spacial score (nSPS) is 28.4. The highest BCUT2D eigenvalue weighted by Gasteiger charge is 2.78. The number of ether oxygens (including phenoxy) is 1. The smallest absolute Gasteiger partial charge is 0.311 e. The fraction of sp³-hybridized carbons (Fsp3) is 0.618. The molecule has 2 bridgehead atoms. The fourth-order valence-electron chi connectivity index (χ4n) is 7.36. The summed E-state index contributed by atoms with van der Waals surface area (Å²) in [4.78, 5) is 46.4. The van der Waals surface area contributed by atoms with Crippen LogP contribution in [0.1, 0.15) is 70.8 Å². The number of allylic oxidation sites excluding steroid dienone is 1. The van der Waals surface area contributed by atoms with Crippen molar-refractivity contribution in [1.29, 1.82) is 0 Å². The zero-order valence-corrected chi connectivity index (χ0v) is 26.2. The van der Waals surface area contributed by atoms with Crippen molar-refractivity contribution in [1.82, 2.24) is 9.80 Å². The Morgan fingerprint density at radius 1 is 1.17 bits per heavy atom. The maximum atomic E-state index is 14.6. The molecule has 7 nitrogen and oxygen atoms in total. The van der Waals surface area contributed by atoms with E-state index in [0.717, 1.165) is 50.5 Å². The van der Waals surface area contributed by atoms with Gasteiger partial charge in [-0.05, 0) is 57.4 Å². The maximum Gasteiger partial charge on any atom is 0.311 e. The topological polar surface area (TPSA) is 87.1 Å². The van der Waals surface area contributed by atoms with Crippen molar-refractivity contribution in [3.63, 3.8) is 0 Å². The first-order valence-corrected chi connectivity index (χ1v) is 16.4. The van der Waals surface area contributed by atoms with Crippen molar-refractivity contribution in [2.24, 2.45) is 11.8 Å². The third-order valence-corrected chi connectivity index (χ3v) is 11.3. The van der Waals surface area contributed by atoms with Crippen LogP contribution in [-0.4, -0.2) is 80.6 Å². The molecule has 2 unspecified atom stereocenters. The Kier molecular flexibility index (Phi) is 11.0. The molecule has 3 heterocycles. The molecule has 0 aliphatic carbocycles. The Hall–Kier alpha value is -2.58. The Bertz CT molecular complexity index is 1130. The number of benzene rings is 1. The number of carbonyl (C=O) groups is 3. The summed E-state index contributed by atoms with van der Waals surface area (Å²) in [6.45, 7) is 12.8. The van der Waals surface area contributed by atoms with Gasteiger partial charge in [-0.3, -0.25) is 14.4 Å². The number of hydrogen-bond donors (Lipinski definition) is 1. The largest absolute Gasteiger partial charge is 0.465 e. The third kappa shape index (κ3) is 6.21. The molecule has 1 spiro atoms. The van der Waals surface area contributed by atoms with E-state index in [1.165, 1.54) is 0 Å². The Balaban J connectivity index is 1.71. The standard InChI is InChI=1S/C34H48N2O5S/c1-5-8-10-15-22-41-32(40)28-27-30(38)36(26(24-37)23-25-16-12-11-13-17-25)29(34(27)19-18-33(28,4)42-34)31(39)35(20-7-3)21-14-9-6-2/h5,7,11-13,16-17,26-29,37H,1,3,6,8-10,14-15,18-24H2,2,4H3/t26-,27+,28-,29?,33+,34?/m1/s1. The van der Waals surface area contributed by atoms with Crippen molar-refractivity contribution in [3.05, 3.63) is 61.2 Å². The van der Waals surface area contributed by atoms with E-state index in [2.05, 4.69) is 27.0 Å². The van der Waals surface area contributed by atoms with Crippen LogP contribution in [0.4, 0.5) is 0 Å². The third-order valence-electron chi connectivity index (χ3n) is 9.36. The van der Waals surface area contributed by atoms with Crippen LogP contribution in [0.25, 0.3) is 0 Å². The number of likely N-dealkylation sites (tertiary alicyclic amines) is 1. The van der Waals surface area contributed by atoms with Crippen molar-refractivity contribution in [2.75, 3.05) is 26.3 Å². The second kappa shape index (κ2) is 14.3. The molecule has 6 atom stereocenters. The highest BCUT2D eigenvalue weighted by molar-refractivity contribution is 8.02. The Labute approximate surface area is 255 Å². The maximum absolute atomic E-state index is 14.6. The van der Waals surface area contributed by atoms with Crippen LogP contribution in [0.2, 0.25) is 0 Å². The summed E-state index contributed by atoms with van der Waals surface area (Å²) in [7, 11) is 0. The van der Waals surface area contributed by atoms with Gasteiger partial charge in [0.1, 0.15) is 6.04 Å². The van der Waals surface area contributed by atoms with E-state index in [4.69, 9.17) is 4.74 Å². The average molecular weight is 597 g/mol. The van der Waals surface area contributed by atoms with Crippen molar-refractivity contribution in [3.8, 4) is 0 Å². The second-order valence-electron chi connectivity index (χ2n) is 12.2. The number of aliphatic hydroxyl groups excluding tert-OH is 1. The number of aliphatic hydroxyl groups is 1. The highest BCUT2D eigenvalue weighted by Crippen LogP contribution is 2.71. The molecule has 230 valence electrons. The van der Waals surface area contributed by atoms with E-state index in [-0.39, 0.29) is 24.4 Å². The number of thioether (sulfide) groups is 1. The molecule has 2 amide bonds. The van der Waals surface area contributed by atoms with Crippen LogP contribution < -0.4 is 0 Å². The minimum absolute atomic E-state index is 0.108. The lowest BCUT2D eigenvalue weighted by atomic mass is 9.66. The molecule has 0 aromatic heterocycles. The monoisotopic (exact) mass is 596 g/mol. The van der Waals surface area contributed by atoms with Crippen molar-refractivity contribution >= 4 is 29.5 Å². The van der Waals surface area contributed by atoms with Gasteiger partial charge in [-0.25, -0.2) is 0 Å². The predicted octanol–water partition coefficient (Wildman–Crippen LogP) is 5.18. The van der Waals surface area contributed by atoms with Gasteiger partial charge in [-0.1, -0.05) is 62.2 Å². The molecule has 1 aromatic rings. The molecular weight excluding hydrogens is 548 g/mol.